The van der Waals surface area contributed by atoms with Crippen molar-refractivity contribution in [2.45, 2.75) is 19.3 Å². The number of aryl methyl sites for hydroxylation is 2. The van der Waals surface area contributed by atoms with Gasteiger partial charge < -0.3 is 4.74 Å². The third-order valence-electron chi connectivity index (χ3n) is 2.51. The second-order valence-corrected chi connectivity index (χ2v) is 3.31. The van der Waals surface area contributed by atoms with Gasteiger partial charge in [0, 0.05) is 0 Å². The Kier molecular flexibility index (Phi) is 2.05. The molecule has 0 N–H and O–H groups in total. The van der Waals surface area contributed by atoms with E-state index >= 15 is 0 Å². The third kappa shape index (κ3) is 1.44. The van der Waals surface area contributed by atoms with Gasteiger partial charge in [-0.15, -0.1) is 0 Å². The maximum Gasteiger partial charge on any atom is 0.220 e. The van der Waals surface area contributed by atoms with Gasteiger partial charge in [-0.3, -0.25) is 4.79 Å². The van der Waals surface area contributed by atoms with Crippen LogP contribution >= 0.6 is 0 Å². The molecule has 0 unspecified atom stereocenters. The second-order valence-electron chi connectivity index (χ2n) is 3.31. The quantitative estimate of drug-likeness (QED) is 0.648. The van der Waals surface area contributed by atoms with Crippen LogP contribution in [-0.4, -0.2) is 7.11 Å². The lowest BCUT2D eigenvalue weighted by molar-refractivity contribution is 0.411. The zero-order valence-corrected chi connectivity index (χ0v) is 7.67. The highest BCUT2D eigenvalue weighted by Crippen LogP contribution is 2.21. The van der Waals surface area contributed by atoms with Crippen LogP contribution in [0.15, 0.2) is 23.0 Å². The average Bonchev–Trinajstić information content (AvgIpc) is 2.52. The van der Waals surface area contributed by atoms with Gasteiger partial charge in [-0.2, -0.15) is 0 Å². The Hall–Kier alpha value is -1.31. The Morgan fingerprint density at radius 3 is 2.77 bits per heavy atom. The van der Waals surface area contributed by atoms with Crippen molar-refractivity contribution in [2.24, 2.45) is 0 Å². The summed E-state index contributed by atoms with van der Waals surface area (Å²) in [5.41, 5.74) is 2.52. The molecule has 13 heavy (non-hydrogen) atoms. The van der Waals surface area contributed by atoms with Crippen LogP contribution < -0.4 is 10.2 Å². The summed E-state index contributed by atoms with van der Waals surface area (Å²) < 4.78 is 5.02. The predicted molar refractivity (Wildman–Crippen MR) is 51.3 cm³/mol. The normalized spacial score (nSPS) is 13.9. The standard InChI is InChI=1S/C11H12O2/c1-13-11-7-9-4-2-3-8(9)5-6-10(11)12/h5-7H,2-4H2,1H3. The summed E-state index contributed by atoms with van der Waals surface area (Å²) >= 11 is 0. The van der Waals surface area contributed by atoms with Crippen LogP contribution in [0, 0.1) is 0 Å². The second kappa shape index (κ2) is 3.21. The maximum atomic E-state index is 11.4. The molecule has 0 atom stereocenters. The summed E-state index contributed by atoms with van der Waals surface area (Å²) in [6, 6.07) is 5.40. The van der Waals surface area contributed by atoms with Crippen LogP contribution in [0.2, 0.25) is 0 Å². The average molecular weight is 176 g/mol. The molecular formula is C11H12O2. The smallest absolute Gasteiger partial charge is 0.220 e. The first-order chi connectivity index (χ1) is 6.31. The van der Waals surface area contributed by atoms with Crippen molar-refractivity contribution in [1.82, 2.24) is 0 Å². The molecule has 0 aromatic heterocycles. The lowest BCUT2D eigenvalue weighted by Crippen LogP contribution is -1.99. The van der Waals surface area contributed by atoms with Gasteiger partial charge in [0.2, 0.25) is 5.43 Å². The molecule has 0 aliphatic heterocycles. The van der Waals surface area contributed by atoms with Crippen LogP contribution in [0.5, 0.6) is 5.75 Å². The van der Waals surface area contributed by atoms with E-state index in [-0.39, 0.29) is 5.43 Å². The number of hydrogen-bond acceptors (Lipinski definition) is 2. The van der Waals surface area contributed by atoms with Crippen molar-refractivity contribution >= 4 is 0 Å². The van der Waals surface area contributed by atoms with Crippen molar-refractivity contribution in [3.05, 3.63) is 39.5 Å². The molecule has 1 aromatic carbocycles. The monoisotopic (exact) mass is 176 g/mol. The Morgan fingerprint density at radius 1 is 1.23 bits per heavy atom. The van der Waals surface area contributed by atoms with Crippen LogP contribution in [0.25, 0.3) is 0 Å². The van der Waals surface area contributed by atoms with Crippen molar-refractivity contribution in [1.29, 1.82) is 0 Å². The highest BCUT2D eigenvalue weighted by atomic mass is 16.5. The maximum absolute atomic E-state index is 11.4. The van der Waals surface area contributed by atoms with E-state index in [2.05, 4.69) is 0 Å². The molecule has 0 bridgehead atoms. The Labute approximate surface area is 77.2 Å². The first-order valence-electron chi connectivity index (χ1n) is 4.51. The molecular weight excluding hydrogens is 164 g/mol. The summed E-state index contributed by atoms with van der Waals surface area (Å²) in [5, 5.41) is 0. The van der Waals surface area contributed by atoms with E-state index in [0.29, 0.717) is 5.75 Å². The van der Waals surface area contributed by atoms with E-state index in [0.717, 1.165) is 12.8 Å². The van der Waals surface area contributed by atoms with Crippen LogP contribution in [0.1, 0.15) is 17.5 Å². The number of fused-ring (bicyclic) bond motifs is 1. The number of rotatable bonds is 1. The van der Waals surface area contributed by atoms with Gasteiger partial charge >= 0.3 is 0 Å². The molecule has 0 fully saturated rings. The molecule has 2 rings (SSSR count). The Bertz CT molecular complexity index is 382. The first kappa shape index (κ1) is 8.30. The minimum absolute atomic E-state index is 0.0306. The van der Waals surface area contributed by atoms with Crippen LogP contribution in [0.4, 0.5) is 0 Å². The van der Waals surface area contributed by atoms with E-state index in [1.54, 1.807) is 6.07 Å². The summed E-state index contributed by atoms with van der Waals surface area (Å²) in [7, 11) is 1.54. The van der Waals surface area contributed by atoms with Gasteiger partial charge in [0.15, 0.2) is 5.75 Å². The highest BCUT2D eigenvalue weighted by Gasteiger charge is 2.10. The molecule has 0 saturated carbocycles. The molecule has 2 nitrogen and oxygen atoms in total. The van der Waals surface area contributed by atoms with Gasteiger partial charge in [-0.05, 0) is 42.5 Å². The molecule has 0 spiro atoms. The fourth-order valence-corrected chi connectivity index (χ4v) is 1.79. The van der Waals surface area contributed by atoms with Gasteiger partial charge in [0.25, 0.3) is 0 Å². The molecule has 0 saturated heterocycles. The molecule has 0 heterocycles. The number of hydrogen-bond donors (Lipinski definition) is 0. The molecule has 1 aliphatic rings. The summed E-state index contributed by atoms with van der Waals surface area (Å²) in [4.78, 5) is 11.4. The lowest BCUT2D eigenvalue weighted by Gasteiger charge is -1.94. The minimum Gasteiger partial charge on any atom is -0.493 e. The van der Waals surface area contributed by atoms with Crippen molar-refractivity contribution in [3.8, 4) is 5.75 Å². The number of ether oxygens (including phenoxy) is 1. The van der Waals surface area contributed by atoms with Gasteiger partial charge in [0.1, 0.15) is 0 Å². The van der Waals surface area contributed by atoms with Crippen LogP contribution in [0.3, 0.4) is 0 Å². The van der Waals surface area contributed by atoms with E-state index in [9.17, 15) is 4.79 Å². The molecule has 1 aliphatic carbocycles. The fraction of sp³-hybridized carbons (Fsp3) is 0.364. The van der Waals surface area contributed by atoms with Gasteiger partial charge in [0.05, 0.1) is 7.11 Å². The number of methoxy groups -OCH3 is 1. The van der Waals surface area contributed by atoms with Crippen LogP contribution in [-0.2, 0) is 12.8 Å². The van der Waals surface area contributed by atoms with Crippen molar-refractivity contribution in [2.75, 3.05) is 7.11 Å². The summed E-state index contributed by atoms with van der Waals surface area (Å²) in [6.45, 7) is 0. The minimum atomic E-state index is -0.0306. The molecule has 2 heteroatoms. The molecule has 68 valence electrons. The van der Waals surface area contributed by atoms with Gasteiger partial charge in [-0.1, -0.05) is 6.07 Å². The molecule has 0 radical (unpaired) electrons. The molecule has 1 aromatic rings. The van der Waals surface area contributed by atoms with E-state index in [1.807, 2.05) is 12.1 Å². The van der Waals surface area contributed by atoms with Crippen molar-refractivity contribution in [3.63, 3.8) is 0 Å². The zero-order chi connectivity index (χ0) is 9.26. The largest absolute Gasteiger partial charge is 0.493 e. The fourth-order valence-electron chi connectivity index (χ4n) is 1.79. The third-order valence-corrected chi connectivity index (χ3v) is 2.51. The van der Waals surface area contributed by atoms with E-state index in [4.69, 9.17) is 4.74 Å². The van der Waals surface area contributed by atoms with Gasteiger partial charge in [-0.25, -0.2) is 0 Å². The topological polar surface area (TPSA) is 26.3 Å². The highest BCUT2D eigenvalue weighted by molar-refractivity contribution is 5.36. The zero-order valence-electron chi connectivity index (χ0n) is 7.67. The summed E-state index contributed by atoms with van der Waals surface area (Å²) in [5.74, 6) is 0.461. The Morgan fingerprint density at radius 2 is 2.00 bits per heavy atom. The SMILES string of the molecule is COc1cc2c(ccc1=O)CCC2. The Balaban J connectivity index is 2.64. The predicted octanol–water partition coefficient (Wildman–Crippen LogP) is 1.54. The van der Waals surface area contributed by atoms with E-state index in [1.165, 1.54) is 24.7 Å². The van der Waals surface area contributed by atoms with Crippen molar-refractivity contribution < 1.29 is 4.74 Å². The molecule has 0 amide bonds. The summed E-state index contributed by atoms with van der Waals surface area (Å²) in [6.07, 6.45) is 3.35. The lowest BCUT2D eigenvalue weighted by atomic mass is 10.2. The van der Waals surface area contributed by atoms with E-state index < -0.39 is 0 Å². The first-order valence-corrected chi connectivity index (χ1v) is 4.51.